The standard InChI is InChI=1S/C12H11NO5S2/c14-10-4-2-1-3-8(10)6-13-20(17,18)9-5-11(12(15)16)19-7-9/h1-5,7,13-14H,6H2,(H,15,16). The van der Waals surface area contributed by atoms with Crippen LogP contribution in [0.1, 0.15) is 15.2 Å². The van der Waals surface area contributed by atoms with Crippen LogP contribution in [0.4, 0.5) is 0 Å². The summed E-state index contributed by atoms with van der Waals surface area (Å²) in [7, 11) is -3.80. The van der Waals surface area contributed by atoms with Gasteiger partial charge in [0, 0.05) is 17.5 Å². The zero-order chi connectivity index (χ0) is 14.8. The van der Waals surface area contributed by atoms with Crippen molar-refractivity contribution in [2.45, 2.75) is 11.4 Å². The maximum atomic E-state index is 12.0. The van der Waals surface area contributed by atoms with Crippen molar-refractivity contribution in [1.82, 2.24) is 4.72 Å². The Morgan fingerprint density at radius 3 is 2.60 bits per heavy atom. The zero-order valence-corrected chi connectivity index (χ0v) is 11.7. The molecular weight excluding hydrogens is 302 g/mol. The highest BCUT2D eigenvalue weighted by Crippen LogP contribution is 2.20. The third kappa shape index (κ3) is 3.16. The SMILES string of the molecule is O=C(O)c1cc(S(=O)(=O)NCc2ccccc2O)cs1. The molecule has 0 saturated carbocycles. The number of thiophene rings is 1. The number of carboxylic acids is 1. The molecule has 0 unspecified atom stereocenters. The fourth-order valence-electron chi connectivity index (χ4n) is 1.49. The number of hydrogen-bond acceptors (Lipinski definition) is 5. The molecule has 1 aromatic carbocycles. The first-order valence-electron chi connectivity index (χ1n) is 5.48. The maximum absolute atomic E-state index is 12.0. The molecule has 0 spiro atoms. The monoisotopic (exact) mass is 313 g/mol. The van der Waals surface area contributed by atoms with Gasteiger partial charge in [-0.15, -0.1) is 11.3 Å². The average molecular weight is 313 g/mol. The Morgan fingerprint density at radius 2 is 2.00 bits per heavy atom. The zero-order valence-electron chi connectivity index (χ0n) is 10.1. The highest BCUT2D eigenvalue weighted by Gasteiger charge is 2.18. The van der Waals surface area contributed by atoms with Crippen LogP contribution in [0.3, 0.4) is 0 Å². The molecule has 0 radical (unpaired) electrons. The van der Waals surface area contributed by atoms with E-state index in [0.29, 0.717) is 5.56 Å². The van der Waals surface area contributed by atoms with Crippen LogP contribution in [0.25, 0.3) is 0 Å². The van der Waals surface area contributed by atoms with Gasteiger partial charge in [-0.25, -0.2) is 17.9 Å². The quantitative estimate of drug-likeness (QED) is 0.778. The summed E-state index contributed by atoms with van der Waals surface area (Å²) < 4.78 is 26.3. The van der Waals surface area contributed by atoms with Gasteiger partial charge in [0.15, 0.2) is 0 Å². The molecule has 8 heteroatoms. The number of phenols is 1. The van der Waals surface area contributed by atoms with E-state index in [1.807, 2.05) is 0 Å². The number of nitrogens with one attached hydrogen (secondary N) is 1. The van der Waals surface area contributed by atoms with Crippen molar-refractivity contribution in [1.29, 1.82) is 0 Å². The molecule has 20 heavy (non-hydrogen) atoms. The summed E-state index contributed by atoms with van der Waals surface area (Å²) in [5, 5.41) is 19.6. The highest BCUT2D eigenvalue weighted by atomic mass is 32.2. The smallest absolute Gasteiger partial charge is 0.345 e. The van der Waals surface area contributed by atoms with Crippen molar-refractivity contribution in [3.8, 4) is 5.75 Å². The Hall–Kier alpha value is -1.90. The first-order chi connectivity index (χ1) is 9.40. The highest BCUT2D eigenvalue weighted by molar-refractivity contribution is 7.89. The normalized spacial score (nSPS) is 11.4. The lowest BCUT2D eigenvalue weighted by molar-refractivity contribution is 0.0702. The first-order valence-corrected chi connectivity index (χ1v) is 7.85. The van der Waals surface area contributed by atoms with Crippen molar-refractivity contribution in [3.05, 3.63) is 46.2 Å². The minimum Gasteiger partial charge on any atom is -0.508 e. The molecule has 0 aliphatic carbocycles. The number of rotatable bonds is 5. The fraction of sp³-hybridized carbons (Fsp3) is 0.0833. The topological polar surface area (TPSA) is 104 Å². The summed E-state index contributed by atoms with van der Waals surface area (Å²) in [5.74, 6) is -1.18. The summed E-state index contributed by atoms with van der Waals surface area (Å²) >= 11 is 0.841. The molecule has 2 rings (SSSR count). The second-order valence-electron chi connectivity index (χ2n) is 3.91. The number of carbonyl (C=O) groups is 1. The Labute approximate surface area is 119 Å². The van der Waals surface area contributed by atoms with E-state index in [-0.39, 0.29) is 22.1 Å². The molecule has 6 nitrogen and oxygen atoms in total. The Balaban J connectivity index is 2.15. The van der Waals surface area contributed by atoms with E-state index in [2.05, 4.69) is 4.72 Å². The van der Waals surface area contributed by atoms with Crippen LogP contribution in [0.5, 0.6) is 5.75 Å². The number of sulfonamides is 1. The molecule has 1 heterocycles. The van der Waals surface area contributed by atoms with Gasteiger partial charge in [0.1, 0.15) is 10.6 Å². The molecule has 1 aromatic heterocycles. The molecule has 0 aliphatic heterocycles. The average Bonchev–Trinajstić information content (AvgIpc) is 2.88. The molecule has 0 amide bonds. The predicted molar refractivity (Wildman–Crippen MR) is 73.4 cm³/mol. The number of benzene rings is 1. The van der Waals surface area contributed by atoms with E-state index in [9.17, 15) is 18.3 Å². The molecule has 0 saturated heterocycles. The predicted octanol–water partition coefficient (Wildman–Crippen LogP) is 1.63. The van der Waals surface area contributed by atoms with Crippen LogP contribution >= 0.6 is 11.3 Å². The molecule has 106 valence electrons. The number of carboxylic acid groups (broad SMARTS) is 1. The van der Waals surface area contributed by atoms with Gasteiger partial charge in [0.2, 0.25) is 10.0 Å². The number of para-hydroxylation sites is 1. The van der Waals surface area contributed by atoms with Gasteiger partial charge in [-0.3, -0.25) is 0 Å². The van der Waals surface area contributed by atoms with Gasteiger partial charge in [0.05, 0.1) is 4.90 Å². The number of aromatic hydroxyl groups is 1. The molecule has 2 aromatic rings. The maximum Gasteiger partial charge on any atom is 0.345 e. The molecule has 0 fully saturated rings. The van der Waals surface area contributed by atoms with Gasteiger partial charge in [-0.2, -0.15) is 0 Å². The Morgan fingerprint density at radius 1 is 1.30 bits per heavy atom. The third-order valence-electron chi connectivity index (χ3n) is 2.54. The number of hydrogen-bond donors (Lipinski definition) is 3. The second kappa shape index (κ2) is 5.61. The van der Waals surface area contributed by atoms with E-state index in [1.165, 1.54) is 11.4 Å². The fourth-order valence-corrected chi connectivity index (χ4v) is 3.61. The Kier molecular flexibility index (Phi) is 4.07. The van der Waals surface area contributed by atoms with E-state index in [0.717, 1.165) is 17.4 Å². The van der Waals surface area contributed by atoms with Gasteiger partial charge < -0.3 is 10.2 Å². The summed E-state index contributed by atoms with van der Waals surface area (Å²) in [5.41, 5.74) is 0.435. The largest absolute Gasteiger partial charge is 0.508 e. The Bertz CT molecular complexity index is 736. The van der Waals surface area contributed by atoms with E-state index < -0.39 is 16.0 Å². The molecule has 0 atom stereocenters. The molecule has 0 bridgehead atoms. The lowest BCUT2D eigenvalue weighted by Gasteiger charge is -2.06. The lowest BCUT2D eigenvalue weighted by atomic mass is 10.2. The van der Waals surface area contributed by atoms with Crippen LogP contribution in [-0.4, -0.2) is 24.6 Å². The van der Waals surface area contributed by atoms with E-state index in [1.54, 1.807) is 18.2 Å². The van der Waals surface area contributed by atoms with Gasteiger partial charge in [0.25, 0.3) is 0 Å². The van der Waals surface area contributed by atoms with Gasteiger partial charge >= 0.3 is 5.97 Å². The van der Waals surface area contributed by atoms with Crippen molar-refractivity contribution in [3.63, 3.8) is 0 Å². The first kappa shape index (κ1) is 14.5. The van der Waals surface area contributed by atoms with E-state index in [4.69, 9.17) is 5.11 Å². The van der Waals surface area contributed by atoms with Crippen molar-refractivity contribution >= 4 is 27.3 Å². The van der Waals surface area contributed by atoms with Crippen LogP contribution in [0.2, 0.25) is 0 Å². The summed E-state index contributed by atoms with van der Waals surface area (Å²) in [4.78, 5) is 10.6. The van der Waals surface area contributed by atoms with Crippen molar-refractivity contribution in [2.24, 2.45) is 0 Å². The number of aromatic carboxylic acids is 1. The minimum absolute atomic E-state index is 0.00764. The lowest BCUT2D eigenvalue weighted by Crippen LogP contribution is -2.22. The van der Waals surface area contributed by atoms with Crippen molar-refractivity contribution < 1.29 is 23.4 Å². The third-order valence-corrected chi connectivity index (χ3v) is 4.99. The van der Waals surface area contributed by atoms with E-state index >= 15 is 0 Å². The van der Waals surface area contributed by atoms with Crippen LogP contribution < -0.4 is 4.72 Å². The van der Waals surface area contributed by atoms with Crippen LogP contribution in [0, 0.1) is 0 Å². The molecule has 0 aliphatic rings. The van der Waals surface area contributed by atoms with Crippen molar-refractivity contribution in [2.75, 3.05) is 0 Å². The van der Waals surface area contributed by atoms with Gasteiger partial charge in [-0.05, 0) is 12.1 Å². The number of phenolic OH excluding ortho intramolecular Hbond substituents is 1. The van der Waals surface area contributed by atoms with Gasteiger partial charge in [-0.1, -0.05) is 18.2 Å². The summed E-state index contributed by atoms with van der Waals surface area (Å²) in [6.07, 6.45) is 0. The molecule has 3 N–H and O–H groups in total. The summed E-state index contributed by atoms with van der Waals surface area (Å²) in [6.45, 7) is -0.0761. The second-order valence-corrected chi connectivity index (χ2v) is 6.58. The van der Waals surface area contributed by atoms with Crippen LogP contribution in [0.15, 0.2) is 40.6 Å². The summed E-state index contributed by atoms with van der Waals surface area (Å²) in [6, 6.07) is 7.45. The molecular formula is C12H11NO5S2. The van der Waals surface area contributed by atoms with Crippen LogP contribution in [-0.2, 0) is 16.6 Å². The minimum atomic E-state index is -3.80.